The van der Waals surface area contributed by atoms with Crippen molar-refractivity contribution in [3.05, 3.63) is 48.0 Å². The monoisotopic (exact) mass is 414 g/mol. The smallest absolute Gasteiger partial charge is 0.239 e. The number of aliphatic imine (C=N–C) groups is 1. The molecule has 2 rings (SSSR count). The molecule has 5 nitrogen and oxygen atoms in total. The number of halogens is 1. The summed E-state index contributed by atoms with van der Waals surface area (Å²) in [4.78, 5) is 15.9. The van der Waals surface area contributed by atoms with E-state index in [0.29, 0.717) is 18.5 Å². The highest BCUT2D eigenvalue weighted by Crippen LogP contribution is 2.08. The Balaban J connectivity index is 0.00000242. The van der Waals surface area contributed by atoms with Crippen molar-refractivity contribution in [1.29, 1.82) is 0 Å². The summed E-state index contributed by atoms with van der Waals surface area (Å²) in [5, 5.41) is 9.20. The zero-order chi connectivity index (χ0) is 14.9. The van der Waals surface area contributed by atoms with Gasteiger partial charge in [0.15, 0.2) is 5.96 Å². The predicted octanol–water partition coefficient (Wildman–Crippen LogP) is 1.80. The van der Waals surface area contributed by atoms with Gasteiger partial charge in [-0.05, 0) is 18.4 Å². The summed E-state index contributed by atoms with van der Waals surface area (Å²) >= 11 is 0. The minimum absolute atomic E-state index is 0. The van der Waals surface area contributed by atoms with Gasteiger partial charge in [0.1, 0.15) is 0 Å². The van der Waals surface area contributed by atoms with Crippen LogP contribution in [0, 0.1) is 0 Å². The third kappa shape index (κ3) is 6.46. The number of amides is 1. The molecule has 0 bridgehead atoms. The molecule has 0 saturated carbocycles. The van der Waals surface area contributed by atoms with Crippen LogP contribution >= 0.6 is 24.0 Å². The van der Waals surface area contributed by atoms with E-state index in [0.717, 1.165) is 18.4 Å². The highest BCUT2D eigenvalue weighted by atomic mass is 127. The average Bonchev–Trinajstić information content (AvgIpc) is 3.03. The Kier molecular flexibility index (Phi) is 8.57. The Labute approximate surface area is 148 Å². The molecule has 0 saturated heterocycles. The number of hydrogen-bond donors (Lipinski definition) is 3. The van der Waals surface area contributed by atoms with Gasteiger partial charge in [0, 0.05) is 19.6 Å². The van der Waals surface area contributed by atoms with Crippen molar-refractivity contribution in [1.82, 2.24) is 16.0 Å². The van der Waals surface area contributed by atoms with Crippen LogP contribution in [0.4, 0.5) is 0 Å². The zero-order valence-electron chi connectivity index (χ0n) is 12.7. The molecule has 1 amide bonds. The fraction of sp³-hybridized carbons (Fsp3) is 0.375. The van der Waals surface area contributed by atoms with Gasteiger partial charge in [-0.2, -0.15) is 0 Å². The van der Waals surface area contributed by atoms with E-state index in [2.05, 4.69) is 33.1 Å². The molecule has 1 aliphatic carbocycles. The summed E-state index contributed by atoms with van der Waals surface area (Å²) in [6.07, 6.45) is 6.30. The van der Waals surface area contributed by atoms with Gasteiger partial charge in [0.25, 0.3) is 0 Å². The summed E-state index contributed by atoms with van der Waals surface area (Å²) < 4.78 is 0. The van der Waals surface area contributed by atoms with Crippen LogP contribution < -0.4 is 16.0 Å². The van der Waals surface area contributed by atoms with Crippen LogP contribution in [0.5, 0.6) is 0 Å². The first-order valence-corrected chi connectivity index (χ1v) is 7.20. The topological polar surface area (TPSA) is 65.5 Å². The van der Waals surface area contributed by atoms with Crippen LogP contribution in [-0.2, 0) is 11.3 Å². The van der Waals surface area contributed by atoms with Crippen LogP contribution in [-0.4, -0.2) is 31.5 Å². The zero-order valence-corrected chi connectivity index (χ0v) is 15.0. The molecule has 1 aliphatic rings. The molecule has 120 valence electrons. The van der Waals surface area contributed by atoms with Gasteiger partial charge in [0.05, 0.1) is 6.54 Å². The maximum Gasteiger partial charge on any atom is 0.239 e. The van der Waals surface area contributed by atoms with Crippen molar-refractivity contribution >= 4 is 35.8 Å². The molecule has 1 aromatic rings. The summed E-state index contributed by atoms with van der Waals surface area (Å²) in [6, 6.07) is 10.2. The Morgan fingerprint density at radius 3 is 2.50 bits per heavy atom. The van der Waals surface area contributed by atoms with Gasteiger partial charge in [-0.15, -0.1) is 24.0 Å². The Bertz CT molecular complexity index is 508. The maximum absolute atomic E-state index is 11.8. The van der Waals surface area contributed by atoms with Crippen molar-refractivity contribution in [2.45, 2.75) is 25.4 Å². The van der Waals surface area contributed by atoms with Crippen LogP contribution in [0.15, 0.2) is 47.5 Å². The van der Waals surface area contributed by atoms with E-state index in [1.54, 1.807) is 7.05 Å². The number of benzene rings is 1. The van der Waals surface area contributed by atoms with E-state index in [4.69, 9.17) is 0 Å². The van der Waals surface area contributed by atoms with E-state index < -0.39 is 0 Å². The van der Waals surface area contributed by atoms with Crippen LogP contribution in [0.2, 0.25) is 0 Å². The van der Waals surface area contributed by atoms with Crippen LogP contribution in [0.25, 0.3) is 0 Å². The number of nitrogens with zero attached hydrogens (tertiary/aromatic N) is 1. The summed E-state index contributed by atoms with van der Waals surface area (Å²) in [7, 11) is 1.71. The van der Waals surface area contributed by atoms with Crippen molar-refractivity contribution in [2.24, 2.45) is 4.99 Å². The third-order valence-corrected chi connectivity index (χ3v) is 3.32. The van der Waals surface area contributed by atoms with E-state index in [1.807, 2.05) is 30.3 Å². The van der Waals surface area contributed by atoms with E-state index in [1.165, 1.54) is 0 Å². The van der Waals surface area contributed by atoms with Crippen molar-refractivity contribution in [3.63, 3.8) is 0 Å². The molecule has 0 aliphatic heterocycles. The molecular formula is C16H23IN4O. The lowest BCUT2D eigenvalue weighted by Crippen LogP contribution is -2.46. The number of rotatable bonds is 5. The van der Waals surface area contributed by atoms with Gasteiger partial charge in [-0.1, -0.05) is 42.5 Å². The minimum Gasteiger partial charge on any atom is -0.353 e. The summed E-state index contributed by atoms with van der Waals surface area (Å²) in [6.45, 7) is 0.757. The second kappa shape index (κ2) is 10.2. The normalized spacial score (nSPS) is 14.3. The number of hydrogen-bond acceptors (Lipinski definition) is 2. The van der Waals surface area contributed by atoms with Gasteiger partial charge in [-0.25, -0.2) is 0 Å². The second-order valence-corrected chi connectivity index (χ2v) is 4.97. The molecule has 0 spiro atoms. The van der Waals surface area contributed by atoms with E-state index in [-0.39, 0.29) is 36.4 Å². The number of nitrogens with one attached hydrogen (secondary N) is 3. The molecule has 0 heterocycles. The molecule has 0 unspecified atom stereocenters. The quantitative estimate of drug-likeness (QED) is 0.298. The van der Waals surface area contributed by atoms with Gasteiger partial charge in [-0.3, -0.25) is 9.79 Å². The molecule has 6 heteroatoms. The lowest BCUT2D eigenvalue weighted by molar-refractivity contribution is -0.120. The van der Waals surface area contributed by atoms with Crippen molar-refractivity contribution < 1.29 is 4.79 Å². The first-order valence-electron chi connectivity index (χ1n) is 7.20. The third-order valence-electron chi connectivity index (χ3n) is 3.32. The standard InChI is InChI=1S/C16H22N4O.HI/c1-17-16(20-14-9-5-6-10-14)19-12-15(21)18-11-13-7-3-2-4-8-13;/h2-8,14H,9-12H2,1H3,(H,18,21)(H2,17,19,20);1H. The molecule has 1 aromatic carbocycles. The van der Waals surface area contributed by atoms with E-state index >= 15 is 0 Å². The molecule has 0 radical (unpaired) electrons. The molecule has 0 atom stereocenters. The van der Waals surface area contributed by atoms with Crippen LogP contribution in [0.3, 0.4) is 0 Å². The Hall–Kier alpha value is -1.57. The predicted molar refractivity (Wildman–Crippen MR) is 100 cm³/mol. The molecule has 3 N–H and O–H groups in total. The van der Waals surface area contributed by atoms with Gasteiger partial charge in [0.2, 0.25) is 5.91 Å². The molecule has 0 aromatic heterocycles. The molecule has 0 fully saturated rings. The highest BCUT2D eigenvalue weighted by Gasteiger charge is 2.12. The molecular weight excluding hydrogens is 391 g/mol. The highest BCUT2D eigenvalue weighted by molar-refractivity contribution is 14.0. The van der Waals surface area contributed by atoms with Crippen molar-refractivity contribution in [2.75, 3.05) is 13.6 Å². The fourth-order valence-electron chi connectivity index (χ4n) is 2.15. The Morgan fingerprint density at radius 1 is 1.18 bits per heavy atom. The van der Waals surface area contributed by atoms with Gasteiger partial charge >= 0.3 is 0 Å². The fourth-order valence-corrected chi connectivity index (χ4v) is 2.15. The first-order chi connectivity index (χ1) is 10.3. The Morgan fingerprint density at radius 2 is 1.86 bits per heavy atom. The number of guanidine groups is 1. The lowest BCUT2D eigenvalue weighted by Gasteiger charge is -2.16. The minimum atomic E-state index is -0.0497. The maximum atomic E-state index is 11.8. The largest absolute Gasteiger partial charge is 0.353 e. The lowest BCUT2D eigenvalue weighted by atomic mass is 10.2. The van der Waals surface area contributed by atoms with Gasteiger partial charge < -0.3 is 16.0 Å². The number of carbonyl (C=O) groups excluding carboxylic acids is 1. The SMILES string of the molecule is CN=C(NCC(=O)NCc1ccccc1)NC1CC=CC1.I. The number of carbonyl (C=O) groups is 1. The van der Waals surface area contributed by atoms with Crippen molar-refractivity contribution in [3.8, 4) is 0 Å². The summed E-state index contributed by atoms with van der Waals surface area (Å²) in [5.74, 6) is 0.616. The molecule has 22 heavy (non-hydrogen) atoms. The summed E-state index contributed by atoms with van der Waals surface area (Å²) in [5.41, 5.74) is 1.09. The average molecular weight is 414 g/mol. The second-order valence-electron chi connectivity index (χ2n) is 4.97. The first kappa shape index (κ1) is 18.5. The van der Waals surface area contributed by atoms with E-state index in [9.17, 15) is 4.79 Å². The van der Waals surface area contributed by atoms with Crippen LogP contribution in [0.1, 0.15) is 18.4 Å².